The molecule has 0 saturated heterocycles. The number of aryl methyl sites for hydroxylation is 1. The second-order valence-corrected chi connectivity index (χ2v) is 12.6. The first kappa shape index (κ1) is 27.7. The summed E-state index contributed by atoms with van der Waals surface area (Å²) in [5, 5.41) is 0. The summed E-state index contributed by atoms with van der Waals surface area (Å²) in [5.41, 5.74) is 6.68. The summed E-state index contributed by atoms with van der Waals surface area (Å²) in [4.78, 5) is 67.2. The summed E-state index contributed by atoms with van der Waals surface area (Å²) in [6, 6.07) is 23.1. The van der Waals surface area contributed by atoms with E-state index < -0.39 is 29.4 Å². The fourth-order valence-electron chi connectivity index (χ4n) is 7.42. The zero-order valence-corrected chi connectivity index (χ0v) is 25.1. The molecule has 44 heavy (non-hydrogen) atoms. The molecule has 2 aliphatic heterocycles. The lowest BCUT2D eigenvalue weighted by Crippen LogP contribution is -2.29. The molecule has 7 rings (SSSR count). The lowest BCUT2D eigenvalue weighted by Gasteiger charge is -2.31. The van der Waals surface area contributed by atoms with Gasteiger partial charge in [0, 0.05) is 18.2 Å². The van der Waals surface area contributed by atoms with Crippen LogP contribution in [0.1, 0.15) is 112 Å². The van der Waals surface area contributed by atoms with Crippen LogP contribution in [-0.4, -0.2) is 41.4 Å². The number of hydrogen-bond acceptors (Lipinski definition) is 5. The van der Waals surface area contributed by atoms with Gasteiger partial charge in [0.15, 0.2) is 5.78 Å². The number of nitrogens with zero attached hydrogens (tertiary/aromatic N) is 2. The molecule has 0 fully saturated rings. The molecule has 218 valence electrons. The number of fused-ring (bicyclic) bond motifs is 3. The van der Waals surface area contributed by atoms with E-state index >= 15 is 0 Å². The maximum atomic E-state index is 13.6. The Morgan fingerprint density at radius 2 is 1.23 bits per heavy atom. The van der Waals surface area contributed by atoms with Crippen LogP contribution in [0.25, 0.3) is 0 Å². The van der Waals surface area contributed by atoms with E-state index in [1.165, 1.54) is 60.1 Å². The quantitative estimate of drug-likeness (QED) is 0.204. The lowest BCUT2D eigenvalue weighted by molar-refractivity contribution is 0.0692. The molecule has 2 atom stereocenters. The number of amides is 4. The highest BCUT2D eigenvalue weighted by Gasteiger charge is 2.45. The van der Waals surface area contributed by atoms with Crippen molar-refractivity contribution in [3.63, 3.8) is 0 Å². The molecule has 2 unspecified atom stereocenters. The maximum absolute atomic E-state index is 13.6. The second-order valence-electron chi connectivity index (χ2n) is 12.6. The van der Waals surface area contributed by atoms with Gasteiger partial charge < -0.3 is 0 Å². The second kappa shape index (κ2) is 9.41. The number of carbonyl (C=O) groups is 5. The SMILES string of the molecule is Cc1ccc2c(c1)C(C)(C)C(c1ccc(N3C(=O)c4ccc(C(=O)c5ccc6c(c5)C(=O)N(C)C6=O)cc4C3=O)cc1)C2C. The van der Waals surface area contributed by atoms with Gasteiger partial charge in [-0.2, -0.15) is 0 Å². The number of carbonyl (C=O) groups excluding carboxylic acids is 5. The smallest absolute Gasteiger partial charge is 0.266 e. The van der Waals surface area contributed by atoms with Gasteiger partial charge in [0.1, 0.15) is 0 Å². The van der Waals surface area contributed by atoms with Crippen LogP contribution in [0.5, 0.6) is 0 Å². The molecule has 4 aromatic carbocycles. The fourth-order valence-corrected chi connectivity index (χ4v) is 7.42. The van der Waals surface area contributed by atoms with E-state index in [1.54, 1.807) is 0 Å². The Kier molecular flexibility index (Phi) is 5.92. The Balaban J connectivity index is 1.16. The zero-order chi connectivity index (χ0) is 31.2. The highest BCUT2D eigenvalue weighted by atomic mass is 16.2. The molecule has 4 aromatic rings. The van der Waals surface area contributed by atoms with Crippen LogP contribution in [0.3, 0.4) is 0 Å². The van der Waals surface area contributed by atoms with Gasteiger partial charge in [0.05, 0.1) is 27.9 Å². The van der Waals surface area contributed by atoms with Crippen molar-refractivity contribution in [2.75, 3.05) is 11.9 Å². The molecule has 0 N–H and O–H groups in total. The van der Waals surface area contributed by atoms with Gasteiger partial charge >= 0.3 is 0 Å². The van der Waals surface area contributed by atoms with Gasteiger partial charge in [-0.25, -0.2) is 4.90 Å². The average Bonchev–Trinajstić information content (AvgIpc) is 3.48. The van der Waals surface area contributed by atoms with Crippen LogP contribution in [-0.2, 0) is 5.41 Å². The zero-order valence-electron chi connectivity index (χ0n) is 25.1. The third kappa shape index (κ3) is 3.78. The van der Waals surface area contributed by atoms with E-state index in [9.17, 15) is 24.0 Å². The molecule has 0 radical (unpaired) electrons. The molecule has 7 heteroatoms. The van der Waals surface area contributed by atoms with Crippen molar-refractivity contribution in [2.45, 2.75) is 44.9 Å². The summed E-state index contributed by atoms with van der Waals surface area (Å²) >= 11 is 0. The largest absolute Gasteiger partial charge is 0.289 e. The van der Waals surface area contributed by atoms with Gasteiger partial charge in [-0.1, -0.05) is 68.8 Å². The van der Waals surface area contributed by atoms with Crippen molar-refractivity contribution < 1.29 is 24.0 Å². The minimum absolute atomic E-state index is 0.0850. The fraction of sp³-hybridized carbons (Fsp3) is 0.216. The van der Waals surface area contributed by atoms with E-state index in [1.807, 2.05) is 24.3 Å². The monoisotopic (exact) mass is 582 g/mol. The molecule has 0 saturated carbocycles. The summed E-state index contributed by atoms with van der Waals surface area (Å²) in [6.07, 6.45) is 0. The highest BCUT2D eigenvalue weighted by Crippen LogP contribution is 2.55. The standard InChI is InChI=1S/C37H30N2O5/c1-19-6-13-25-20(2)31(37(3,4)30(25)16-19)21-7-11-24(12-8-21)39-35(43)27-15-10-23(18-29(27)36(39)44)32(40)22-9-14-26-28(17-22)34(42)38(5)33(26)41/h6-18,20,31H,1-5H3. The topological polar surface area (TPSA) is 91.8 Å². The highest BCUT2D eigenvalue weighted by molar-refractivity contribution is 6.35. The third-order valence-electron chi connectivity index (χ3n) is 9.68. The average molecular weight is 583 g/mol. The molecular formula is C37H30N2O5. The Bertz CT molecular complexity index is 1990. The Morgan fingerprint density at radius 1 is 0.682 bits per heavy atom. The van der Waals surface area contributed by atoms with Crippen LogP contribution in [0.4, 0.5) is 5.69 Å². The molecule has 0 bridgehead atoms. The van der Waals surface area contributed by atoms with Crippen molar-refractivity contribution in [1.82, 2.24) is 4.90 Å². The van der Waals surface area contributed by atoms with E-state index in [4.69, 9.17) is 0 Å². The molecule has 7 nitrogen and oxygen atoms in total. The van der Waals surface area contributed by atoms with Crippen molar-refractivity contribution in [2.24, 2.45) is 0 Å². The van der Waals surface area contributed by atoms with E-state index in [2.05, 4.69) is 45.9 Å². The minimum atomic E-state index is -0.499. The molecule has 1 aliphatic carbocycles. The van der Waals surface area contributed by atoms with Crippen LogP contribution < -0.4 is 4.90 Å². The number of ketones is 1. The van der Waals surface area contributed by atoms with Gasteiger partial charge in [-0.05, 0) is 77.3 Å². The van der Waals surface area contributed by atoms with Crippen molar-refractivity contribution in [3.05, 3.63) is 134 Å². The maximum Gasteiger partial charge on any atom is 0.266 e. The first-order chi connectivity index (χ1) is 20.9. The van der Waals surface area contributed by atoms with Crippen molar-refractivity contribution in [3.8, 4) is 0 Å². The predicted molar refractivity (Wildman–Crippen MR) is 166 cm³/mol. The molecular weight excluding hydrogens is 552 g/mol. The number of rotatable bonds is 4. The van der Waals surface area contributed by atoms with E-state index in [0.717, 1.165) is 15.4 Å². The van der Waals surface area contributed by atoms with Crippen LogP contribution >= 0.6 is 0 Å². The number of imide groups is 2. The normalized spacial score (nSPS) is 19.8. The van der Waals surface area contributed by atoms with Crippen LogP contribution in [0, 0.1) is 6.92 Å². The number of benzene rings is 4. The van der Waals surface area contributed by atoms with Gasteiger partial charge in [0.2, 0.25) is 0 Å². The van der Waals surface area contributed by atoms with Crippen molar-refractivity contribution >= 4 is 35.1 Å². The summed E-state index contributed by atoms with van der Waals surface area (Å²) in [7, 11) is 1.39. The van der Waals surface area contributed by atoms with E-state index in [0.29, 0.717) is 11.6 Å². The Morgan fingerprint density at radius 3 is 1.86 bits per heavy atom. The molecule has 0 spiro atoms. The van der Waals surface area contributed by atoms with Gasteiger partial charge in [-0.15, -0.1) is 0 Å². The summed E-state index contributed by atoms with van der Waals surface area (Å²) < 4.78 is 0. The predicted octanol–water partition coefficient (Wildman–Crippen LogP) is 6.43. The van der Waals surface area contributed by atoms with Crippen LogP contribution in [0.2, 0.25) is 0 Å². The number of hydrogen-bond donors (Lipinski definition) is 0. The van der Waals surface area contributed by atoms with Crippen LogP contribution in [0.15, 0.2) is 78.9 Å². The third-order valence-corrected chi connectivity index (χ3v) is 9.68. The van der Waals surface area contributed by atoms with E-state index in [-0.39, 0.29) is 44.7 Å². The summed E-state index contributed by atoms with van der Waals surface area (Å²) in [5.74, 6) is -1.70. The molecule has 3 aliphatic rings. The summed E-state index contributed by atoms with van der Waals surface area (Å²) in [6.45, 7) is 8.91. The van der Waals surface area contributed by atoms with Gasteiger partial charge in [0.25, 0.3) is 23.6 Å². The Labute approximate surface area is 255 Å². The van der Waals surface area contributed by atoms with Crippen molar-refractivity contribution in [1.29, 1.82) is 0 Å². The molecule has 0 aromatic heterocycles. The Hall–Kier alpha value is -5.17. The lowest BCUT2D eigenvalue weighted by atomic mass is 9.72. The first-order valence-electron chi connectivity index (χ1n) is 14.6. The molecule has 2 heterocycles. The van der Waals surface area contributed by atoms with Gasteiger partial charge in [-0.3, -0.25) is 28.9 Å². The minimum Gasteiger partial charge on any atom is -0.289 e. The number of anilines is 1. The first-order valence-corrected chi connectivity index (χ1v) is 14.6. The molecule has 4 amide bonds.